The zero-order chi connectivity index (χ0) is 18.6. The van der Waals surface area contributed by atoms with Gasteiger partial charge in [-0.05, 0) is 52.7 Å². The van der Waals surface area contributed by atoms with Gasteiger partial charge in [0.1, 0.15) is 19.5 Å². The fraction of sp³-hybridized carbons (Fsp3) is 0.263. The number of carbonyl (C=O) groups is 1. The predicted octanol–water partition coefficient (Wildman–Crippen LogP) is 2.31. The van der Waals surface area contributed by atoms with E-state index in [0.717, 1.165) is 23.4 Å². The number of hydrogen-bond donors (Lipinski definition) is 1. The first-order valence-electron chi connectivity index (χ1n) is 8.78. The van der Waals surface area contributed by atoms with Gasteiger partial charge in [0.15, 0.2) is 11.5 Å². The second kappa shape index (κ2) is 7.45. The second-order valence-electron chi connectivity index (χ2n) is 6.14. The van der Waals surface area contributed by atoms with Gasteiger partial charge in [0, 0.05) is 5.56 Å². The summed E-state index contributed by atoms with van der Waals surface area (Å²) in [6, 6.07) is 12.8. The number of hydrogen-bond acceptors (Lipinski definition) is 6. The predicted molar refractivity (Wildman–Crippen MR) is 97.1 cm³/mol. The molecule has 0 saturated heterocycles. The SMILES string of the molecule is CCC(NC(=O)c1cccc(-n2cnnn2)c1)c1ccc2c(c1)OCCO2. The molecule has 1 N–H and O–H groups in total. The Morgan fingerprint density at radius 1 is 1.19 bits per heavy atom. The lowest BCUT2D eigenvalue weighted by Gasteiger charge is -2.22. The van der Waals surface area contributed by atoms with Gasteiger partial charge in [-0.25, -0.2) is 4.68 Å². The Balaban J connectivity index is 1.53. The van der Waals surface area contributed by atoms with Crippen molar-refractivity contribution >= 4 is 5.91 Å². The molecule has 0 spiro atoms. The molecule has 0 bridgehead atoms. The number of aromatic nitrogens is 4. The number of nitrogens with zero attached hydrogens (tertiary/aromatic N) is 4. The Hall–Kier alpha value is -3.42. The van der Waals surface area contributed by atoms with Gasteiger partial charge in [-0.1, -0.05) is 19.1 Å². The van der Waals surface area contributed by atoms with Crippen molar-refractivity contribution < 1.29 is 14.3 Å². The summed E-state index contributed by atoms with van der Waals surface area (Å²) in [7, 11) is 0. The van der Waals surface area contributed by atoms with Crippen LogP contribution in [-0.4, -0.2) is 39.3 Å². The number of benzene rings is 2. The fourth-order valence-corrected chi connectivity index (χ4v) is 3.01. The summed E-state index contributed by atoms with van der Waals surface area (Å²) in [5, 5.41) is 14.2. The number of tetrazole rings is 1. The summed E-state index contributed by atoms with van der Waals surface area (Å²) in [5.74, 6) is 1.29. The van der Waals surface area contributed by atoms with Crippen molar-refractivity contribution in [3.8, 4) is 17.2 Å². The van der Waals surface area contributed by atoms with Gasteiger partial charge in [0.2, 0.25) is 0 Å². The van der Waals surface area contributed by atoms with Gasteiger partial charge in [-0.15, -0.1) is 5.10 Å². The number of carbonyl (C=O) groups excluding carboxylic acids is 1. The van der Waals surface area contributed by atoms with Crippen LogP contribution in [0, 0.1) is 0 Å². The minimum absolute atomic E-state index is 0.134. The molecule has 27 heavy (non-hydrogen) atoms. The normalized spacial score (nSPS) is 13.8. The molecule has 1 atom stereocenters. The maximum absolute atomic E-state index is 12.8. The van der Waals surface area contributed by atoms with Crippen LogP contribution >= 0.6 is 0 Å². The van der Waals surface area contributed by atoms with Crippen LogP contribution in [0.15, 0.2) is 48.8 Å². The third-order valence-electron chi connectivity index (χ3n) is 4.40. The molecule has 1 aromatic heterocycles. The first-order valence-corrected chi connectivity index (χ1v) is 8.78. The maximum atomic E-state index is 12.8. The minimum Gasteiger partial charge on any atom is -0.486 e. The van der Waals surface area contributed by atoms with E-state index in [4.69, 9.17) is 9.47 Å². The number of ether oxygens (including phenoxy) is 2. The lowest BCUT2D eigenvalue weighted by Crippen LogP contribution is -2.28. The third kappa shape index (κ3) is 3.59. The van der Waals surface area contributed by atoms with E-state index in [1.54, 1.807) is 18.2 Å². The summed E-state index contributed by atoms with van der Waals surface area (Å²) in [5.41, 5.74) is 2.24. The van der Waals surface area contributed by atoms with Gasteiger partial charge >= 0.3 is 0 Å². The summed E-state index contributed by atoms with van der Waals surface area (Å²) >= 11 is 0. The van der Waals surface area contributed by atoms with E-state index >= 15 is 0 Å². The van der Waals surface area contributed by atoms with Crippen molar-refractivity contribution in [1.82, 2.24) is 25.5 Å². The molecule has 4 rings (SSSR count). The highest BCUT2D eigenvalue weighted by Crippen LogP contribution is 2.33. The summed E-state index contributed by atoms with van der Waals surface area (Å²) in [6.45, 7) is 3.11. The topological polar surface area (TPSA) is 91.2 Å². The van der Waals surface area contributed by atoms with E-state index in [0.29, 0.717) is 24.5 Å². The first kappa shape index (κ1) is 17.0. The molecule has 1 unspecified atom stereocenters. The summed E-state index contributed by atoms with van der Waals surface area (Å²) in [6.07, 6.45) is 2.24. The minimum atomic E-state index is -0.160. The van der Waals surface area contributed by atoms with Gasteiger partial charge in [-0.3, -0.25) is 4.79 Å². The van der Waals surface area contributed by atoms with Crippen LogP contribution in [-0.2, 0) is 0 Å². The smallest absolute Gasteiger partial charge is 0.251 e. The van der Waals surface area contributed by atoms with Crippen molar-refractivity contribution in [2.75, 3.05) is 13.2 Å². The number of fused-ring (bicyclic) bond motifs is 1. The van der Waals surface area contributed by atoms with Gasteiger partial charge in [-0.2, -0.15) is 0 Å². The average Bonchev–Trinajstić information content (AvgIpc) is 3.26. The largest absolute Gasteiger partial charge is 0.486 e. The van der Waals surface area contributed by atoms with Crippen molar-refractivity contribution in [1.29, 1.82) is 0 Å². The molecule has 2 aromatic carbocycles. The van der Waals surface area contributed by atoms with E-state index in [9.17, 15) is 4.79 Å². The van der Waals surface area contributed by atoms with Crippen LogP contribution < -0.4 is 14.8 Å². The molecule has 138 valence electrons. The van der Waals surface area contributed by atoms with E-state index < -0.39 is 0 Å². The second-order valence-corrected chi connectivity index (χ2v) is 6.14. The number of amides is 1. The quantitative estimate of drug-likeness (QED) is 0.746. The Bertz CT molecular complexity index is 942. The molecule has 1 aliphatic heterocycles. The highest BCUT2D eigenvalue weighted by molar-refractivity contribution is 5.95. The van der Waals surface area contributed by atoms with E-state index in [2.05, 4.69) is 20.8 Å². The van der Waals surface area contributed by atoms with E-state index in [1.165, 1.54) is 11.0 Å². The summed E-state index contributed by atoms with van der Waals surface area (Å²) < 4.78 is 12.7. The van der Waals surface area contributed by atoms with Gasteiger partial charge < -0.3 is 14.8 Å². The monoisotopic (exact) mass is 365 g/mol. The van der Waals surface area contributed by atoms with Crippen molar-refractivity contribution in [2.24, 2.45) is 0 Å². The Morgan fingerprint density at radius 3 is 2.81 bits per heavy atom. The van der Waals surface area contributed by atoms with Crippen molar-refractivity contribution in [2.45, 2.75) is 19.4 Å². The zero-order valence-corrected chi connectivity index (χ0v) is 14.8. The molecule has 0 fully saturated rings. The van der Waals surface area contributed by atoms with Crippen LogP contribution in [0.3, 0.4) is 0 Å². The molecule has 1 amide bonds. The Labute approximate surface area is 156 Å². The average molecular weight is 365 g/mol. The van der Waals surface area contributed by atoms with Crippen LogP contribution in [0.2, 0.25) is 0 Å². The summed E-state index contributed by atoms with van der Waals surface area (Å²) in [4.78, 5) is 12.8. The molecule has 1 aliphatic rings. The number of nitrogens with one attached hydrogen (secondary N) is 1. The molecule has 0 aliphatic carbocycles. The maximum Gasteiger partial charge on any atom is 0.251 e. The van der Waals surface area contributed by atoms with E-state index in [1.807, 2.05) is 31.2 Å². The number of rotatable bonds is 5. The Morgan fingerprint density at radius 2 is 2.04 bits per heavy atom. The molecule has 0 saturated carbocycles. The third-order valence-corrected chi connectivity index (χ3v) is 4.40. The van der Waals surface area contributed by atoms with Gasteiger partial charge in [0.05, 0.1) is 11.7 Å². The standard InChI is InChI=1S/C19H19N5O3/c1-2-16(13-6-7-17-18(11-13)27-9-8-26-17)21-19(25)14-4-3-5-15(10-14)24-12-20-22-23-24/h3-7,10-12,16H,2,8-9H2,1H3,(H,21,25). The molecule has 0 radical (unpaired) electrons. The molecular formula is C19H19N5O3. The fourth-order valence-electron chi connectivity index (χ4n) is 3.01. The van der Waals surface area contributed by atoms with Crippen LogP contribution in [0.25, 0.3) is 5.69 Å². The molecule has 8 nitrogen and oxygen atoms in total. The lowest BCUT2D eigenvalue weighted by molar-refractivity contribution is 0.0935. The lowest BCUT2D eigenvalue weighted by atomic mass is 10.0. The van der Waals surface area contributed by atoms with Crippen LogP contribution in [0.5, 0.6) is 11.5 Å². The zero-order valence-electron chi connectivity index (χ0n) is 14.8. The van der Waals surface area contributed by atoms with Crippen molar-refractivity contribution in [3.63, 3.8) is 0 Å². The van der Waals surface area contributed by atoms with E-state index in [-0.39, 0.29) is 11.9 Å². The first-order chi connectivity index (χ1) is 13.2. The highest BCUT2D eigenvalue weighted by atomic mass is 16.6. The van der Waals surface area contributed by atoms with Gasteiger partial charge in [0.25, 0.3) is 5.91 Å². The Kier molecular flexibility index (Phi) is 4.69. The van der Waals surface area contributed by atoms with Crippen molar-refractivity contribution in [3.05, 3.63) is 59.9 Å². The molecular weight excluding hydrogens is 346 g/mol. The highest BCUT2D eigenvalue weighted by Gasteiger charge is 2.18. The molecule has 8 heteroatoms. The van der Waals surface area contributed by atoms with Crippen LogP contribution in [0.1, 0.15) is 35.3 Å². The molecule has 2 heterocycles. The van der Waals surface area contributed by atoms with Crippen LogP contribution in [0.4, 0.5) is 0 Å². The molecule has 3 aromatic rings.